The molecule has 0 spiro atoms. The van der Waals surface area contributed by atoms with Crippen molar-refractivity contribution in [2.45, 2.75) is 5.16 Å². The Bertz CT molecular complexity index is 1090. The van der Waals surface area contributed by atoms with Gasteiger partial charge in [-0.1, -0.05) is 17.8 Å². The molecule has 0 saturated carbocycles. The zero-order valence-corrected chi connectivity index (χ0v) is 14.8. The van der Waals surface area contributed by atoms with Crippen LogP contribution in [0.15, 0.2) is 66.0 Å². The number of phenolic OH excluding ortho intramolecular Hbond substituents is 1. The Labute approximate surface area is 158 Å². The number of aromatic nitrogens is 5. The number of rotatable bonds is 5. The van der Waals surface area contributed by atoms with Crippen molar-refractivity contribution in [3.05, 3.63) is 60.8 Å². The molecule has 0 unspecified atom stereocenters. The molecule has 0 radical (unpaired) electrons. The summed E-state index contributed by atoms with van der Waals surface area (Å²) >= 11 is 1.22. The first-order valence-corrected chi connectivity index (χ1v) is 9.03. The number of benzene rings is 2. The molecular weight excluding hydrogens is 364 g/mol. The Balaban J connectivity index is 1.46. The van der Waals surface area contributed by atoms with E-state index >= 15 is 0 Å². The van der Waals surface area contributed by atoms with Crippen molar-refractivity contribution in [1.29, 1.82) is 0 Å². The molecule has 134 valence electrons. The second-order valence-electron chi connectivity index (χ2n) is 5.60. The Morgan fingerprint density at radius 3 is 2.81 bits per heavy atom. The predicted molar refractivity (Wildman–Crippen MR) is 102 cm³/mol. The Morgan fingerprint density at radius 2 is 1.96 bits per heavy atom. The van der Waals surface area contributed by atoms with Crippen molar-refractivity contribution in [3.8, 4) is 11.4 Å². The fourth-order valence-corrected chi connectivity index (χ4v) is 3.24. The molecule has 4 aromatic rings. The fourth-order valence-electron chi connectivity index (χ4n) is 2.55. The summed E-state index contributed by atoms with van der Waals surface area (Å²) in [5.41, 5.74) is 2.23. The molecule has 2 aromatic carbocycles. The number of carbonyl (C=O) groups excluding carboxylic acids is 1. The number of hydrogen-bond donors (Lipinski definition) is 2. The van der Waals surface area contributed by atoms with E-state index in [-0.39, 0.29) is 17.4 Å². The molecule has 0 atom stereocenters. The highest BCUT2D eigenvalue weighted by Crippen LogP contribution is 2.23. The maximum Gasteiger partial charge on any atom is 0.234 e. The maximum absolute atomic E-state index is 12.4. The van der Waals surface area contributed by atoms with Gasteiger partial charge in [0.15, 0.2) is 0 Å². The molecule has 2 aromatic heterocycles. The van der Waals surface area contributed by atoms with Crippen LogP contribution < -0.4 is 5.32 Å². The summed E-state index contributed by atoms with van der Waals surface area (Å²) in [6.45, 7) is 0. The van der Waals surface area contributed by atoms with Crippen LogP contribution in [-0.4, -0.2) is 42.0 Å². The standard InChI is InChI=1S/C18H14N6O2S/c25-13-8-6-12(7-9-13)24-18(21-22-23-24)27-11-17(26)20-16-5-1-4-15-14(16)3-2-10-19-15/h1-10,25H,11H2,(H,20,26). The molecule has 2 N–H and O–H groups in total. The highest BCUT2D eigenvalue weighted by Gasteiger charge is 2.12. The van der Waals surface area contributed by atoms with Crippen molar-refractivity contribution in [2.24, 2.45) is 0 Å². The third-order valence-electron chi connectivity index (χ3n) is 3.79. The van der Waals surface area contributed by atoms with Gasteiger partial charge < -0.3 is 10.4 Å². The predicted octanol–water partition coefficient (Wildman–Crippen LogP) is 2.65. The number of tetrazole rings is 1. The zero-order valence-electron chi connectivity index (χ0n) is 14.0. The van der Waals surface area contributed by atoms with Gasteiger partial charge in [0.25, 0.3) is 0 Å². The van der Waals surface area contributed by atoms with Gasteiger partial charge in [-0.3, -0.25) is 9.78 Å². The van der Waals surface area contributed by atoms with Crippen molar-refractivity contribution in [1.82, 2.24) is 25.2 Å². The summed E-state index contributed by atoms with van der Waals surface area (Å²) in [7, 11) is 0. The monoisotopic (exact) mass is 378 g/mol. The summed E-state index contributed by atoms with van der Waals surface area (Å²) in [6, 6.07) is 15.8. The fraction of sp³-hybridized carbons (Fsp3) is 0.0556. The molecule has 0 fully saturated rings. The Kier molecular flexibility index (Phi) is 4.67. The summed E-state index contributed by atoms with van der Waals surface area (Å²) in [5.74, 6) is 0.136. The average Bonchev–Trinajstić information content (AvgIpc) is 3.16. The second-order valence-corrected chi connectivity index (χ2v) is 6.54. The highest BCUT2D eigenvalue weighted by molar-refractivity contribution is 7.99. The minimum Gasteiger partial charge on any atom is -0.508 e. The molecule has 8 nitrogen and oxygen atoms in total. The summed E-state index contributed by atoms with van der Waals surface area (Å²) in [5, 5.41) is 25.2. The number of nitrogens with one attached hydrogen (secondary N) is 1. The van der Waals surface area contributed by atoms with Gasteiger partial charge in [-0.15, -0.1) is 5.10 Å². The lowest BCUT2D eigenvalue weighted by atomic mass is 10.2. The summed E-state index contributed by atoms with van der Waals surface area (Å²) < 4.78 is 1.51. The van der Waals surface area contributed by atoms with E-state index in [0.717, 1.165) is 10.9 Å². The minimum absolute atomic E-state index is 0.148. The van der Waals surface area contributed by atoms with E-state index in [2.05, 4.69) is 25.8 Å². The molecule has 0 bridgehead atoms. The molecule has 4 rings (SSSR count). The van der Waals surface area contributed by atoms with Crippen LogP contribution in [0.4, 0.5) is 5.69 Å². The van der Waals surface area contributed by atoms with Crippen LogP contribution in [0.3, 0.4) is 0 Å². The van der Waals surface area contributed by atoms with E-state index in [1.165, 1.54) is 16.4 Å². The van der Waals surface area contributed by atoms with E-state index in [1.807, 2.05) is 30.3 Å². The SMILES string of the molecule is O=C(CSc1nnnn1-c1ccc(O)cc1)Nc1cccc2ncccc12. The number of pyridine rings is 1. The van der Waals surface area contributed by atoms with Crippen molar-refractivity contribution >= 4 is 34.3 Å². The zero-order chi connectivity index (χ0) is 18.6. The van der Waals surface area contributed by atoms with Crippen LogP contribution in [0.5, 0.6) is 5.75 Å². The van der Waals surface area contributed by atoms with Gasteiger partial charge in [0, 0.05) is 11.6 Å². The normalized spacial score (nSPS) is 10.8. The molecular formula is C18H14N6O2S. The van der Waals surface area contributed by atoms with Crippen molar-refractivity contribution in [2.75, 3.05) is 11.1 Å². The van der Waals surface area contributed by atoms with Crippen LogP contribution in [-0.2, 0) is 4.79 Å². The van der Waals surface area contributed by atoms with Crippen LogP contribution in [0, 0.1) is 0 Å². The van der Waals surface area contributed by atoms with E-state index in [1.54, 1.807) is 30.5 Å². The average molecular weight is 378 g/mol. The topological polar surface area (TPSA) is 106 Å². The van der Waals surface area contributed by atoms with Crippen LogP contribution in [0.2, 0.25) is 0 Å². The Morgan fingerprint density at radius 1 is 1.11 bits per heavy atom. The van der Waals surface area contributed by atoms with Gasteiger partial charge in [-0.05, 0) is 59.0 Å². The molecule has 0 aliphatic carbocycles. The number of fused-ring (bicyclic) bond motifs is 1. The lowest BCUT2D eigenvalue weighted by molar-refractivity contribution is -0.113. The number of phenols is 1. The first-order valence-electron chi connectivity index (χ1n) is 8.05. The molecule has 0 saturated heterocycles. The molecule has 1 amide bonds. The van der Waals surface area contributed by atoms with Crippen molar-refractivity contribution < 1.29 is 9.90 Å². The number of nitrogens with zero attached hydrogens (tertiary/aromatic N) is 5. The quantitative estimate of drug-likeness (QED) is 0.514. The van der Waals surface area contributed by atoms with Gasteiger partial charge in [-0.2, -0.15) is 4.68 Å². The summed E-state index contributed by atoms with van der Waals surface area (Å²) in [4.78, 5) is 16.7. The molecule has 27 heavy (non-hydrogen) atoms. The summed E-state index contributed by atoms with van der Waals surface area (Å²) in [6.07, 6.45) is 1.72. The lowest BCUT2D eigenvalue weighted by Gasteiger charge is -2.08. The number of hydrogen-bond acceptors (Lipinski definition) is 7. The van der Waals surface area contributed by atoms with Gasteiger partial charge in [0.2, 0.25) is 11.1 Å². The highest BCUT2D eigenvalue weighted by atomic mass is 32.2. The van der Waals surface area contributed by atoms with Gasteiger partial charge in [-0.25, -0.2) is 0 Å². The number of carbonyl (C=O) groups is 1. The van der Waals surface area contributed by atoms with Gasteiger partial charge in [0.05, 0.1) is 22.6 Å². The molecule has 2 heterocycles. The first kappa shape index (κ1) is 17.0. The van der Waals surface area contributed by atoms with Gasteiger partial charge >= 0.3 is 0 Å². The van der Waals surface area contributed by atoms with Crippen LogP contribution in [0.1, 0.15) is 0 Å². The smallest absolute Gasteiger partial charge is 0.234 e. The number of anilines is 1. The van der Waals surface area contributed by atoms with Gasteiger partial charge in [0.1, 0.15) is 5.75 Å². The molecule has 0 aliphatic rings. The first-order chi connectivity index (χ1) is 13.2. The van der Waals surface area contributed by atoms with Crippen LogP contribution >= 0.6 is 11.8 Å². The largest absolute Gasteiger partial charge is 0.508 e. The number of amides is 1. The third kappa shape index (κ3) is 3.72. The molecule has 0 aliphatic heterocycles. The Hall–Kier alpha value is -3.46. The number of thioether (sulfide) groups is 1. The minimum atomic E-state index is -0.170. The van der Waals surface area contributed by atoms with E-state index in [0.29, 0.717) is 16.5 Å². The van der Waals surface area contributed by atoms with E-state index < -0.39 is 0 Å². The second kappa shape index (κ2) is 7.42. The van der Waals surface area contributed by atoms with Crippen LogP contribution in [0.25, 0.3) is 16.6 Å². The van der Waals surface area contributed by atoms with E-state index in [9.17, 15) is 9.90 Å². The maximum atomic E-state index is 12.4. The van der Waals surface area contributed by atoms with Crippen molar-refractivity contribution in [3.63, 3.8) is 0 Å². The lowest BCUT2D eigenvalue weighted by Crippen LogP contribution is -2.15. The van der Waals surface area contributed by atoms with E-state index in [4.69, 9.17) is 0 Å². The molecule has 9 heteroatoms. The number of aromatic hydroxyl groups is 1. The third-order valence-corrected chi connectivity index (χ3v) is 4.71.